The number of aliphatic hydroxyl groups is 1. The summed E-state index contributed by atoms with van der Waals surface area (Å²) in [5, 5.41) is 9.62. The molecule has 0 bridgehead atoms. The van der Waals surface area contributed by atoms with E-state index in [0.717, 1.165) is 6.54 Å². The molecule has 0 aliphatic carbocycles. The molecule has 1 aliphatic heterocycles. The Labute approximate surface area is 173 Å². The van der Waals surface area contributed by atoms with Crippen molar-refractivity contribution in [3.63, 3.8) is 0 Å². The molecule has 0 radical (unpaired) electrons. The summed E-state index contributed by atoms with van der Waals surface area (Å²) in [6.45, 7) is 7.34. The monoisotopic (exact) mass is 403 g/mol. The van der Waals surface area contributed by atoms with Crippen LogP contribution in [-0.2, 0) is 20.9 Å². The summed E-state index contributed by atoms with van der Waals surface area (Å²) in [7, 11) is 1.31. The molecular formula is C22H33N3O4. The van der Waals surface area contributed by atoms with Crippen LogP contribution in [-0.4, -0.2) is 72.7 Å². The van der Waals surface area contributed by atoms with Crippen molar-refractivity contribution >= 4 is 12.4 Å². The highest BCUT2D eigenvalue weighted by molar-refractivity contribution is 5.82. The van der Waals surface area contributed by atoms with E-state index in [1.54, 1.807) is 4.90 Å². The van der Waals surface area contributed by atoms with Gasteiger partial charge >= 0.3 is 0 Å². The van der Waals surface area contributed by atoms with E-state index >= 15 is 0 Å². The van der Waals surface area contributed by atoms with Gasteiger partial charge in [-0.1, -0.05) is 43.2 Å². The molecule has 1 saturated heterocycles. The lowest BCUT2D eigenvalue weighted by atomic mass is 10.0. The summed E-state index contributed by atoms with van der Waals surface area (Å²) in [6, 6.07) is 9.67. The first-order chi connectivity index (χ1) is 13.9. The predicted octanol–water partition coefficient (Wildman–Crippen LogP) is 0.858. The van der Waals surface area contributed by atoms with Crippen molar-refractivity contribution in [3.8, 4) is 11.8 Å². The number of rotatable bonds is 8. The van der Waals surface area contributed by atoms with Crippen molar-refractivity contribution < 1.29 is 19.4 Å². The maximum Gasteiger partial charge on any atom is 0.292 e. The standard InChI is InChI=1S/C20H29N3O2.C2H4O2/c1-3-4-11-22(14-17-8-6-5-7-9-17)13-16(2)19(21)20(25)23-12-10-18(24)15-23;1-4-2-3/h5-9,16,18-19,24H,10-15,21H2,1-2H3;2H,1H3. The molecule has 1 aromatic carbocycles. The number of carbonyl (C=O) groups excluding carboxylic acids is 2. The average Bonchev–Trinajstić information content (AvgIpc) is 3.18. The van der Waals surface area contributed by atoms with E-state index in [1.165, 1.54) is 12.7 Å². The van der Waals surface area contributed by atoms with Crippen molar-refractivity contribution in [3.05, 3.63) is 35.9 Å². The SMILES string of the molecule is CC#CCN(Cc1ccccc1)CC(C)C(N)C(=O)N1CCC(O)C1.COC=O. The lowest BCUT2D eigenvalue weighted by Gasteiger charge is -2.29. The number of ether oxygens (including phenoxy) is 1. The summed E-state index contributed by atoms with van der Waals surface area (Å²) < 4.78 is 3.86. The molecule has 29 heavy (non-hydrogen) atoms. The number of methoxy groups -OCH3 is 1. The molecule has 1 aromatic rings. The zero-order valence-corrected chi connectivity index (χ0v) is 17.6. The second-order valence-corrected chi connectivity index (χ2v) is 7.14. The first kappa shape index (κ1) is 24.6. The molecule has 7 nitrogen and oxygen atoms in total. The minimum atomic E-state index is -0.557. The highest BCUT2D eigenvalue weighted by Gasteiger charge is 2.31. The van der Waals surface area contributed by atoms with Crippen LogP contribution < -0.4 is 5.73 Å². The van der Waals surface area contributed by atoms with Crippen LogP contribution in [0.5, 0.6) is 0 Å². The van der Waals surface area contributed by atoms with Gasteiger partial charge in [0.1, 0.15) is 0 Å². The predicted molar refractivity (Wildman–Crippen MR) is 113 cm³/mol. The molecule has 1 fully saturated rings. The Kier molecular flexibility index (Phi) is 11.7. The normalized spacial score (nSPS) is 17.4. The Morgan fingerprint density at radius 2 is 2.10 bits per heavy atom. The number of aliphatic hydroxyl groups excluding tert-OH is 1. The first-order valence-electron chi connectivity index (χ1n) is 9.77. The van der Waals surface area contributed by atoms with Gasteiger partial charge in [-0.05, 0) is 24.8 Å². The molecule has 7 heteroatoms. The van der Waals surface area contributed by atoms with Gasteiger partial charge in [-0.15, -0.1) is 5.92 Å². The highest BCUT2D eigenvalue weighted by Crippen LogP contribution is 2.15. The molecule has 0 saturated carbocycles. The van der Waals surface area contributed by atoms with Crippen LogP contribution in [0.15, 0.2) is 30.3 Å². The van der Waals surface area contributed by atoms with E-state index in [4.69, 9.17) is 10.5 Å². The van der Waals surface area contributed by atoms with Gasteiger partial charge in [0.2, 0.25) is 5.91 Å². The van der Waals surface area contributed by atoms with Gasteiger partial charge in [-0.25, -0.2) is 0 Å². The zero-order chi connectivity index (χ0) is 21.6. The van der Waals surface area contributed by atoms with Crippen LogP contribution in [0.25, 0.3) is 0 Å². The molecule has 0 spiro atoms. The third kappa shape index (κ3) is 9.09. The Morgan fingerprint density at radius 1 is 1.45 bits per heavy atom. The van der Waals surface area contributed by atoms with Crippen molar-refractivity contribution in [2.24, 2.45) is 11.7 Å². The topological polar surface area (TPSA) is 96.1 Å². The summed E-state index contributed by atoms with van der Waals surface area (Å²) in [6.07, 6.45) is 0.222. The van der Waals surface area contributed by atoms with Crippen LogP contribution >= 0.6 is 0 Å². The smallest absolute Gasteiger partial charge is 0.292 e. The van der Waals surface area contributed by atoms with E-state index in [-0.39, 0.29) is 11.8 Å². The second-order valence-electron chi connectivity index (χ2n) is 7.14. The van der Waals surface area contributed by atoms with Gasteiger partial charge in [0.05, 0.1) is 25.8 Å². The van der Waals surface area contributed by atoms with Crippen molar-refractivity contribution in [2.75, 3.05) is 33.3 Å². The van der Waals surface area contributed by atoms with E-state index in [9.17, 15) is 9.90 Å². The summed E-state index contributed by atoms with van der Waals surface area (Å²) >= 11 is 0. The van der Waals surface area contributed by atoms with E-state index in [0.29, 0.717) is 39.1 Å². The van der Waals surface area contributed by atoms with Crippen LogP contribution in [0.4, 0.5) is 0 Å². The first-order valence-corrected chi connectivity index (χ1v) is 9.77. The Balaban J connectivity index is 0.000000960. The summed E-state index contributed by atoms with van der Waals surface area (Å²) in [5.74, 6) is 5.99. The number of hydrogen-bond acceptors (Lipinski definition) is 6. The lowest BCUT2D eigenvalue weighted by molar-refractivity contribution is -0.133. The van der Waals surface area contributed by atoms with Gasteiger partial charge in [0.25, 0.3) is 6.47 Å². The molecule has 3 atom stereocenters. The average molecular weight is 404 g/mol. The Hall–Kier alpha value is -2.40. The van der Waals surface area contributed by atoms with Gasteiger partial charge in [0.15, 0.2) is 0 Å². The summed E-state index contributed by atoms with van der Waals surface area (Å²) in [4.78, 5) is 25.4. The van der Waals surface area contributed by atoms with E-state index in [2.05, 4.69) is 33.6 Å². The zero-order valence-electron chi connectivity index (χ0n) is 17.6. The molecule has 1 amide bonds. The molecule has 2 rings (SSSR count). The molecule has 3 unspecified atom stereocenters. The van der Waals surface area contributed by atoms with Crippen LogP contribution in [0, 0.1) is 17.8 Å². The number of β-amino-alcohol motifs (C(OH)–C–C–N with tert-alkyl or cyclic N) is 1. The molecule has 1 aliphatic rings. The lowest BCUT2D eigenvalue weighted by Crippen LogP contribution is -2.49. The number of benzene rings is 1. The minimum Gasteiger partial charge on any atom is -0.471 e. The van der Waals surface area contributed by atoms with Crippen LogP contribution in [0.2, 0.25) is 0 Å². The number of hydrogen-bond donors (Lipinski definition) is 2. The maximum atomic E-state index is 12.5. The van der Waals surface area contributed by atoms with Crippen LogP contribution in [0.1, 0.15) is 25.8 Å². The third-order valence-electron chi connectivity index (χ3n) is 4.74. The molecule has 160 valence electrons. The fraction of sp³-hybridized carbons (Fsp3) is 0.545. The third-order valence-corrected chi connectivity index (χ3v) is 4.74. The fourth-order valence-electron chi connectivity index (χ4n) is 3.13. The molecule has 3 N–H and O–H groups in total. The number of carbonyl (C=O) groups is 2. The number of nitrogens with zero attached hydrogens (tertiary/aromatic N) is 2. The van der Waals surface area contributed by atoms with Crippen LogP contribution in [0.3, 0.4) is 0 Å². The van der Waals surface area contributed by atoms with Crippen molar-refractivity contribution in [1.82, 2.24) is 9.80 Å². The minimum absolute atomic E-state index is 0.00705. The van der Waals surface area contributed by atoms with Crippen molar-refractivity contribution in [1.29, 1.82) is 0 Å². The largest absolute Gasteiger partial charge is 0.471 e. The second kappa shape index (κ2) is 13.7. The number of nitrogens with two attached hydrogens (primary N) is 1. The number of amides is 1. The Morgan fingerprint density at radius 3 is 2.62 bits per heavy atom. The van der Waals surface area contributed by atoms with Gasteiger partial charge < -0.3 is 20.5 Å². The highest BCUT2D eigenvalue weighted by atomic mass is 16.5. The molecule has 1 heterocycles. The summed E-state index contributed by atoms with van der Waals surface area (Å²) in [5.41, 5.74) is 7.44. The van der Waals surface area contributed by atoms with Gasteiger partial charge in [-0.3, -0.25) is 14.5 Å². The van der Waals surface area contributed by atoms with E-state index in [1.807, 2.05) is 32.0 Å². The van der Waals surface area contributed by atoms with Gasteiger partial charge in [-0.2, -0.15) is 0 Å². The fourth-order valence-corrected chi connectivity index (χ4v) is 3.13. The number of likely N-dealkylation sites (tertiary alicyclic amines) is 1. The van der Waals surface area contributed by atoms with Crippen molar-refractivity contribution in [2.45, 2.75) is 39.0 Å². The Bertz CT molecular complexity index is 672. The maximum absolute atomic E-state index is 12.5. The van der Waals surface area contributed by atoms with Gasteiger partial charge in [0, 0.05) is 26.2 Å². The van der Waals surface area contributed by atoms with E-state index < -0.39 is 12.1 Å². The molecular weight excluding hydrogens is 370 g/mol. The quantitative estimate of drug-likeness (QED) is 0.494. The molecule has 0 aromatic heterocycles.